The number of aromatic nitrogens is 2. The molecule has 0 bridgehead atoms. The lowest BCUT2D eigenvalue weighted by Gasteiger charge is -2.28. The largest absolute Gasteiger partial charge is 0.378 e. The number of nitrogens with zero attached hydrogens (tertiary/aromatic N) is 4. The molecule has 4 rings (SSSR count). The molecule has 154 valence electrons. The van der Waals surface area contributed by atoms with Crippen LogP contribution >= 0.6 is 0 Å². The molecule has 1 fully saturated rings. The lowest BCUT2D eigenvalue weighted by Crippen LogP contribution is -2.41. The topological polar surface area (TPSA) is 67.7 Å². The van der Waals surface area contributed by atoms with Gasteiger partial charge in [0, 0.05) is 31.7 Å². The van der Waals surface area contributed by atoms with Gasteiger partial charge in [0.2, 0.25) is 11.7 Å². The molecule has 0 aliphatic carbocycles. The highest BCUT2D eigenvalue weighted by molar-refractivity contribution is 5.97. The summed E-state index contributed by atoms with van der Waals surface area (Å²) in [6, 6.07) is 4.43. The van der Waals surface area contributed by atoms with Gasteiger partial charge in [0.05, 0.1) is 25.3 Å². The predicted molar refractivity (Wildman–Crippen MR) is 103 cm³/mol. The number of fused-ring (bicyclic) bond motifs is 1. The van der Waals surface area contributed by atoms with E-state index < -0.39 is 11.4 Å². The zero-order valence-electron chi connectivity index (χ0n) is 16.3. The van der Waals surface area contributed by atoms with Crippen LogP contribution in [0.25, 0.3) is 0 Å². The molecule has 2 aliphatic heterocycles. The molecule has 2 aromatic rings. The van der Waals surface area contributed by atoms with Crippen molar-refractivity contribution in [2.24, 2.45) is 7.05 Å². The molecular weight excluding hydrogens is 382 g/mol. The first-order chi connectivity index (χ1) is 13.9. The highest BCUT2D eigenvalue weighted by atomic mass is 19.1. The Morgan fingerprint density at radius 3 is 2.72 bits per heavy atom. The SMILES string of the molecule is C[C@H]1Cc2c(F)cccc2N1C(=O)Cc1nc(N2CCOCC2)c(F)c(=O)n1C. The van der Waals surface area contributed by atoms with Gasteiger partial charge in [-0.2, -0.15) is 4.39 Å². The number of rotatable bonds is 3. The minimum absolute atomic E-state index is 0.0554. The average molecular weight is 404 g/mol. The van der Waals surface area contributed by atoms with Crippen LogP contribution in [0.15, 0.2) is 23.0 Å². The van der Waals surface area contributed by atoms with Gasteiger partial charge in [0.15, 0.2) is 5.82 Å². The van der Waals surface area contributed by atoms with E-state index >= 15 is 0 Å². The van der Waals surface area contributed by atoms with Crippen LogP contribution in [0, 0.1) is 11.6 Å². The van der Waals surface area contributed by atoms with Gasteiger partial charge in [-0.3, -0.25) is 14.2 Å². The number of ether oxygens (including phenoxy) is 1. The third-order valence-corrected chi connectivity index (χ3v) is 5.49. The zero-order chi connectivity index (χ0) is 20.7. The number of hydrogen-bond donors (Lipinski definition) is 0. The third kappa shape index (κ3) is 3.39. The van der Waals surface area contributed by atoms with Gasteiger partial charge >= 0.3 is 0 Å². The Morgan fingerprint density at radius 2 is 2.00 bits per heavy atom. The van der Waals surface area contributed by atoms with Crippen LogP contribution in [-0.2, 0) is 29.4 Å². The number of benzene rings is 1. The number of hydrogen-bond acceptors (Lipinski definition) is 5. The van der Waals surface area contributed by atoms with Crippen molar-refractivity contribution in [2.75, 3.05) is 36.1 Å². The molecule has 0 unspecified atom stereocenters. The standard InChI is InChI=1S/C20H22F2N4O3/c1-12-10-13-14(21)4-3-5-15(13)26(12)17(27)11-16-23-19(18(22)20(28)24(16)2)25-6-8-29-9-7-25/h3-5,12H,6-11H2,1-2H3/t12-/m0/s1. The van der Waals surface area contributed by atoms with Crippen molar-refractivity contribution in [1.29, 1.82) is 0 Å². The maximum atomic E-state index is 14.6. The number of carbonyl (C=O) groups excluding carboxylic acids is 1. The quantitative estimate of drug-likeness (QED) is 0.774. The van der Waals surface area contributed by atoms with Gasteiger partial charge in [-0.25, -0.2) is 9.37 Å². The van der Waals surface area contributed by atoms with E-state index in [2.05, 4.69) is 4.98 Å². The molecular formula is C20H22F2N4O3. The number of morpholine rings is 1. The molecule has 0 spiro atoms. The van der Waals surface area contributed by atoms with Crippen LogP contribution < -0.4 is 15.4 Å². The van der Waals surface area contributed by atoms with E-state index in [0.717, 1.165) is 4.57 Å². The summed E-state index contributed by atoms with van der Waals surface area (Å²) in [7, 11) is 1.39. The maximum absolute atomic E-state index is 14.6. The van der Waals surface area contributed by atoms with E-state index in [1.165, 1.54) is 18.0 Å². The fourth-order valence-corrected chi connectivity index (χ4v) is 3.95. The van der Waals surface area contributed by atoms with E-state index in [1.54, 1.807) is 17.0 Å². The van der Waals surface area contributed by atoms with Gasteiger partial charge in [-0.15, -0.1) is 0 Å². The van der Waals surface area contributed by atoms with Gasteiger partial charge < -0.3 is 14.5 Å². The van der Waals surface area contributed by atoms with Crippen LogP contribution in [0.2, 0.25) is 0 Å². The summed E-state index contributed by atoms with van der Waals surface area (Å²) < 4.78 is 35.0. The molecule has 9 heteroatoms. The first-order valence-corrected chi connectivity index (χ1v) is 9.56. The molecule has 2 aliphatic rings. The summed E-state index contributed by atoms with van der Waals surface area (Å²) in [5, 5.41) is 0. The smallest absolute Gasteiger partial charge is 0.291 e. The molecule has 0 N–H and O–H groups in total. The molecule has 1 saturated heterocycles. The highest BCUT2D eigenvalue weighted by Crippen LogP contribution is 2.34. The molecule has 1 aromatic heterocycles. The molecule has 0 saturated carbocycles. The first kappa shape index (κ1) is 19.5. The number of amides is 1. The predicted octanol–water partition coefficient (Wildman–Crippen LogP) is 1.42. The molecule has 1 amide bonds. The number of halogens is 2. The van der Waals surface area contributed by atoms with Gasteiger partial charge in [0.25, 0.3) is 5.56 Å². The second kappa shape index (κ2) is 7.55. The average Bonchev–Trinajstić information content (AvgIpc) is 3.06. The fourth-order valence-electron chi connectivity index (χ4n) is 3.95. The zero-order valence-corrected chi connectivity index (χ0v) is 16.3. The molecule has 7 nitrogen and oxygen atoms in total. The van der Waals surface area contributed by atoms with Gasteiger partial charge in [0.1, 0.15) is 11.6 Å². The van der Waals surface area contributed by atoms with Crippen LogP contribution in [0.5, 0.6) is 0 Å². The Balaban J connectivity index is 1.66. The Bertz CT molecular complexity index is 1020. The molecule has 0 radical (unpaired) electrons. The minimum Gasteiger partial charge on any atom is -0.378 e. The van der Waals surface area contributed by atoms with Gasteiger partial charge in [-0.05, 0) is 25.5 Å². The summed E-state index contributed by atoms with van der Waals surface area (Å²) in [4.78, 5) is 32.9. The van der Waals surface area contributed by atoms with Crippen molar-refractivity contribution in [3.8, 4) is 0 Å². The molecule has 1 atom stereocenters. The Hall–Kier alpha value is -2.81. The molecule has 3 heterocycles. The van der Waals surface area contributed by atoms with Crippen LogP contribution in [-0.4, -0.2) is 47.8 Å². The molecule has 1 aromatic carbocycles. The monoisotopic (exact) mass is 404 g/mol. The van der Waals surface area contributed by atoms with Crippen molar-refractivity contribution in [2.45, 2.75) is 25.8 Å². The van der Waals surface area contributed by atoms with Gasteiger partial charge in [-0.1, -0.05) is 6.07 Å². The summed E-state index contributed by atoms with van der Waals surface area (Å²) in [5.74, 6) is -1.48. The van der Waals surface area contributed by atoms with E-state index in [9.17, 15) is 18.4 Å². The summed E-state index contributed by atoms with van der Waals surface area (Å²) >= 11 is 0. The third-order valence-electron chi connectivity index (χ3n) is 5.49. The second-order valence-corrected chi connectivity index (χ2v) is 7.36. The highest BCUT2D eigenvalue weighted by Gasteiger charge is 2.33. The Labute approximate surface area is 166 Å². The summed E-state index contributed by atoms with van der Waals surface area (Å²) in [5.41, 5.74) is 0.205. The molecule has 29 heavy (non-hydrogen) atoms. The van der Waals surface area contributed by atoms with Crippen molar-refractivity contribution in [3.05, 3.63) is 51.6 Å². The van der Waals surface area contributed by atoms with Crippen LogP contribution in [0.4, 0.5) is 20.3 Å². The Kier molecular flexibility index (Phi) is 5.08. The normalized spacial score (nSPS) is 18.8. The van der Waals surface area contributed by atoms with Crippen LogP contribution in [0.3, 0.4) is 0 Å². The summed E-state index contributed by atoms with van der Waals surface area (Å²) in [6.07, 6.45) is 0.228. The summed E-state index contributed by atoms with van der Waals surface area (Å²) in [6.45, 7) is 3.50. The lowest BCUT2D eigenvalue weighted by atomic mass is 10.1. The van der Waals surface area contributed by atoms with Crippen molar-refractivity contribution >= 4 is 17.4 Å². The van der Waals surface area contributed by atoms with Crippen molar-refractivity contribution in [1.82, 2.24) is 9.55 Å². The minimum atomic E-state index is -0.937. The first-order valence-electron chi connectivity index (χ1n) is 9.56. The van der Waals surface area contributed by atoms with Crippen LogP contribution in [0.1, 0.15) is 18.3 Å². The second-order valence-electron chi connectivity index (χ2n) is 7.36. The maximum Gasteiger partial charge on any atom is 0.291 e. The lowest BCUT2D eigenvalue weighted by molar-refractivity contribution is -0.118. The van der Waals surface area contributed by atoms with E-state index in [1.807, 2.05) is 6.92 Å². The van der Waals surface area contributed by atoms with E-state index in [4.69, 9.17) is 4.74 Å². The van der Waals surface area contributed by atoms with E-state index in [0.29, 0.717) is 44.0 Å². The van der Waals surface area contributed by atoms with Crippen molar-refractivity contribution < 1.29 is 18.3 Å². The van der Waals surface area contributed by atoms with Crippen molar-refractivity contribution in [3.63, 3.8) is 0 Å². The van der Waals surface area contributed by atoms with E-state index in [-0.39, 0.29) is 35.8 Å². The Morgan fingerprint density at radius 1 is 1.28 bits per heavy atom. The fraction of sp³-hybridized carbons (Fsp3) is 0.450. The number of carbonyl (C=O) groups is 1. The number of anilines is 2.